The Morgan fingerprint density at radius 1 is 1.18 bits per heavy atom. The van der Waals surface area contributed by atoms with Crippen LogP contribution in [0.25, 0.3) is 0 Å². The zero-order valence-corrected chi connectivity index (χ0v) is 16.5. The van der Waals surface area contributed by atoms with Crippen LogP contribution in [0.1, 0.15) is 18.1 Å². The number of ether oxygens (including phenoxy) is 2. The molecule has 8 heteroatoms. The van der Waals surface area contributed by atoms with Crippen LogP contribution in [0, 0.1) is 5.82 Å². The highest BCUT2D eigenvalue weighted by atomic mass is 32.2. The Kier molecular flexibility index (Phi) is 5.88. The van der Waals surface area contributed by atoms with E-state index in [2.05, 4.69) is 0 Å². The summed E-state index contributed by atoms with van der Waals surface area (Å²) in [6.45, 7) is 2.23. The van der Waals surface area contributed by atoms with E-state index in [1.165, 1.54) is 31.0 Å². The zero-order valence-electron chi connectivity index (χ0n) is 15.7. The molecule has 0 aliphatic carbocycles. The topological polar surface area (TPSA) is 72.9 Å². The molecule has 1 unspecified atom stereocenters. The molecule has 0 fully saturated rings. The summed E-state index contributed by atoms with van der Waals surface area (Å²) in [6, 6.07) is 10.9. The van der Waals surface area contributed by atoms with Gasteiger partial charge in [-0.05, 0) is 30.7 Å². The lowest BCUT2D eigenvalue weighted by Gasteiger charge is -2.23. The smallest absolute Gasteiger partial charge is 0.240 e. The monoisotopic (exact) mass is 407 g/mol. The Balaban J connectivity index is 1.73. The van der Waals surface area contributed by atoms with Crippen LogP contribution in [-0.4, -0.2) is 44.7 Å². The van der Waals surface area contributed by atoms with E-state index in [4.69, 9.17) is 9.47 Å². The molecule has 1 aliphatic heterocycles. The molecule has 28 heavy (non-hydrogen) atoms. The molecule has 0 spiro atoms. The summed E-state index contributed by atoms with van der Waals surface area (Å²) in [7, 11) is -2.29. The van der Waals surface area contributed by atoms with Crippen LogP contribution in [0.4, 0.5) is 4.39 Å². The third-order valence-corrected chi connectivity index (χ3v) is 6.57. The molecule has 1 amide bonds. The number of nitrogens with zero attached hydrogens (tertiary/aromatic N) is 1. The van der Waals surface area contributed by atoms with E-state index >= 15 is 0 Å². The Hall–Kier alpha value is -2.61. The van der Waals surface area contributed by atoms with Crippen molar-refractivity contribution in [3.05, 3.63) is 59.4 Å². The van der Waals surface area contributed by atoms with E-state index in [0.29, 0.717) is 35.8 Å². The van der Waals surface area contributed by atoms with E-state index in [9.17, 15) is 17.6 Å². The van der Waals surface area contributed by atoms with Gasteiger partial charge in [0.05, 0.1) is 5.75 Å². The molecular formula is C20H22FNO5S. The first-order valence-electron chi connectivity index (χ1n) is 8.86. The fraction of sp³-hybridized carbons (Fsp3) is 0.350. The van der Waals surface area contributed by atoms with Gasteiger partial charge >= 0.3 is 0 Å². The number of sulfone groups is 1. The molecule has 2 aromatic carbocycles. The first-order chi connectivity index (χ1) is 13.3. The molecule has 0 saturated carbocycles. The Morgan fingerprint density at radius 3 is 2.64 bits per heavy atom. The maximum Gasteiger partial charge on any atom is 0.240 e. The first-order valence-corrected chi connectivity index (χ1v) is 10.6. The number of amides is 1. The number of benzene rings is 2. The highest BCUT2D eigenvalue weighted by Gasteiger charge is 2.32. The van der Waals surface area contributed by atoms with Crippen LogP contribution in [-0.2, 0) is 26.9 Å². The van der Waals surface area contributed by atoms with Crippen molar-refractivity contribution in [1.29, 1.82) is 0 Å². The molecular weight excluding hydrogens is 385 g/mol. The van der Waals surface area contributed by atoms with Crippen molar-refractivity contribution < 1.29 is 27.1 Å². The number of para-hydroxylation sites is 1. The van der Waals surface area contributed by atoms with Gasteiger partial charge in [-0.2, -0.15) is 0 Å². The predicted octanol–water partition coefficient (Wildman–Crippen LogP) is 2.56. The number of fused-ring (bicyclic) bond motifs is 1. The normalized spacial score (nSPS) is 14.4. The Morgan fingerprint density at radius 2 is 1.89 bits per heavy atom. The van der Waals surface area contributed by atoms with Gasteiger partial charge in [-0.1, -0.05) is 24.3 Å². The van der Waals surface area contributed by atoms with Crippen molar-refractivity contribution in [2.45, 2.75) is 24.5 Å². The molecule has 1 aliphatic rings. The van der Waals surface area contributed by atoms with Crippen LogP contribution >= 0.6 is 0 Å². The number of halogens is 1. The van der Waals surface area contributed by atoms with E-state index in [-0.39, 0.29) is 12.3 Å². The minimum Gasteiger partial charge on any atom is -0.486 e. The van der Waals surface area contributed by atoms with Gasteiger partial charge in [0, 0.05) is 19.2 Å². The maximum absolute atomic E-state index is 13.3. The van der Waals surface area contributed by atoms with Gasteiger partial charge in [0.1, 0.15) is 24.3 Å². The second-order valence-corrected chi connectivity index (χ2v) is 9.04. The van der Waals surface area contributed by atoms with Crippen molar-refractivity contribution in [2.24, 2.45) is 0 Å². The van der Waals surface area contributed by atoms with E-state index in [1.54, 1.807) is 30.3 Å². The number of carbonyl (C=O) groups excluding carboxylic acids is 1. The zero-order chi connectivity index (χ0) is 20.3. The number of hydrogen-bond donors (Lipinski definition) is 0. The van der Waals surface area contributed by atoms with Crippen molar-refractivity contribution in [1.82, 2.24) is 4.90 Å². The lowest BCUT2D eigenvalue weighted by molar-refractivity contribution is -0.129. The van der Waals surface area contributed by atoms with Gasteiger partial charge in [-0.3, -0.25) is 4.79 Å². The van der Waals surface area contributed by atoms with Gasteiger partial charge in [0.2, 0.25) is 5.91 Å². The molecule has 1 heterocycles. The van der Waals surface area contributed by atoms with Crippen LogP contribution in [0.15, 0.2) is 42.5 Å². The molecule has 150 valence electrons. The van der Waals surface area contributed by atoms with Gasteiger partial charge < -0.3 is 14.4 Å². The van der Waals surface area contributed by atoms with E-state index in [0.717, 1.165) is 0 Å². The number of hydrogen-bond acceptors (Lipinski definition) is 5. The fourth-order valence-corrected chi connectivity index (χ4v) is 4.44. The van der Waals surface area contributed by atoms with Crippen LogP contribution in [0.2, 0.25) is 0 Å². The minimum atomic E-state index is -3.79. The minimum absolute atomic E-state index is 0.119. The fourth-order valence-electron chi connectivity index (χ4n) is 3.04. The Bertz CT molecular complexity index is 976. The van der Waals surface area contributed by atoms with Gasteiger partial charge in [0.25, 0.3) is 0 Å². The summed E-state index contributed by atoms with van der Waals surface area (Å²) in [4.78, 5) is 13.9. The summed E-state index contributed by atoms with van der Waals surface area (Å²) >= 11 is 0. The third kappa shape index (κ3) is 4.44. The molecule has 0 bridgehead atoms. The summed E-state index contributed by atoms with van der Waals surface area (Å²) in [5.74, 6) is -0.382. The molecule has 0 radical (unpaired) electrons. The van der Waals surface area contributed by atoms with Gasteiger partial charge in [-0.25, -0.2) is 12.8 Å². The number of carbonyl (C=O) groups is 1. The summed E-state index contributed by atoms with van der Waals surface area (Å²) in [5.41, 5.74) is 1.05. The van der Waals surface area contributed by atoms with E-state index in [1.807, 2.05) is 0 Å². The molecule has 6 nitrogen and oxygen atoms in total. The third-order valence-electron chi connectivity index (χ3n) is 4.58. The number of rotatable bonds is 6. The molecule has 0 aromatic heterocycles. The second kappa shape index (κ2) is 8.18. The quantitative estimate of drug-likeness (QED) is 0.736. The second-order valence-electron chi connectivity index (χ2n) is 6.71. The van der Waals surface area contributed by atoms with Crippen molar-refractivity contribution in [3.8, 4) is 11.5 Å². The standard InChI is InChI=1S/C20H22FNO5S/c1-14(20(23)22(2)12-15-5-3-7-17(21)11-15)28(24,25)13-16-6-4-8-18-19(16)27-10-9-26-18/h3-8,11,14H,9-10,12-13H2,1-2H3. The summed E-state index contributed by atoms with van der Waals surface area (Å²) < 4.78 is 50.0. The van der Waals surface area contributed by atoms with Crippen molar-refractivity contribution >= 4 is 15.7 Å². The first kappa shape index (κ1) is 20.1. The van der Waals surface area contributed by atoms with Crippen LogP contribution in [0.3, 0.4) is 0 Å². The van der Waals surface area contributed by atoms with Crippen LogP contribution < -0.4 is 9.47 Å². The van der Waals surface area contributed by atoms with Gasteiger partial charge in [0.15, 0.2) is 21.3 Å². The molecule has 0 saturated heterocycles. The average molecular weight is 407 g/mol. The largest absolute Gasteiger partial charge is 0.486 e. The lowest BCUT2D eigenvalue weighted by atomic mass is 10.2. The van der Waals surface area contributed by atoms with Crippen molar-refractivity contribution in [2.75, 3.05) is 20.3 Å². The highest BCUT2D eigenvalue weighted by molar-refractivity contribution is 7.92. The molecule has 0 N–H and O–H groups in total. The predicted molar refractivity (Wildman–Crippen MR) is 102 cm³/mol. The summed E-state index contributed by atoms with van der Waals surface area (Å²) in [5, 5.41) is -1.24. The molecule has 3 rings (SSSR count). The SMILES string of the molecule is CC(C(=O)N(C)Cc1cccc(F)c1)S(=O)(=O)Cc1cccc2c1OCCO2. The molecule has 2 aromatic rings. The molecule has 1 atom stereocenters. The summed E-state index contributed by atoms with van der Waals surface area (Å²) in [6.07, 6.45) is 0. The maximum atomic E-state index is 13.3. The Labute approximate surface area is 163 Å². The van der Waals surface area contributed by atoms with E-state index < -0.39 is 26.8 Å². The average Bonchev–Trinajstić information content (AvgIpc) is 2.67. The highest BCUT2D eigenvalue weighted by Crippen LogP contribution is 2.35. The van der Waals surface area contributed by atoms with Crippen molar-refractivity contribution in [3.63, 3.8) is 0 Å². The van der Waals surface area contributed by atoms with Gasteiger partial charge in [-0.15, -0.1) is 0 Å². The lowest BCUT2D eigenvalue weighted by Crippen LogP contribution is -2.39. The van der Waals surface area contributed by atoms with Crippen LogP contribution in [0.5, 0.6) is 11.5 Å².